The first kappa shape index (κ1) is 9.68. The van der Waals surface area contributed by atoms with Gasteiger partial charge in [0.05, 0.1) is 0 Å². The quantitative estimate of drug-likeness (QED) is 0.796. The number of aliphatic carboxylic acids is 1. The molecular weight excluding hydrogens is 198 g/mol. The van der Waals surface area contributed by atoms with Crippen LogP contribution < -0.4 is 5.32 Å². The van der Waals surface area contributed by atoms with Crippen molar-refractivity contribution in [2.75, 3.05) is 6.54 Å². The average Bonchev–Trinajstić information content (AvgIpc) is 2.76. The van der Waals surface area contributed by atoms with Crippen LogP contribution in [0.25, 0.3) is 0 Å². The highest BCUT2D eigenvalue weighted by Crippen LogP contribution is 2.25. The van der Waals surface area contributed by atoms with Crippen LogP contribution in [0.4, 0.5) is 0 Å². The zero-order chi connectivity index (χ0) is 10.0. The van der Waals surface area contributed by atoms with Crippen LogP contribution in [0.15, 0.2) is 16.8 Å². The van der Waals surface area contributed by atoms with Crippen molar-refractivity contribution in [3.8, 4) is 0 Å². The Morgan fingerprint density at radius 1 is 1.71 bits per heavy atom. The molecule has 0 amide bonds. The van der Waals surface area contributed by atoms with Gasteiger partial charge in [-0.25, -0.2) is 0 Å². The second-order valence-corrected chi connectivity index (χ2v) is 4.51. The summed E-state index contributed by atoms with van der Waals surface area (Å²) in [5.74, 6) is -0.721. The van der Waals surface area contributed by atoms with E-state index in [0.717, 1.165) is 24.9 Å². The predicted octanol–water partition coefficient (Wildman–Crippen LogP) is 1.50. The summed E-state index contributed by atoms with van der Waals surface area (Å²) < 4.78 is 0. The van der Waals surface area contributed by atoms with Gasteiger partial charge in [0.1, 0.15) is 5.54 Å². The van der Waals surface area contributed by atoms with E-state index in [9.17, 15) is 9.90 Å². The molecule has 0 spiro atoms. The minimum Gasteiger partial charge on any atom is -0.480 e. The summed E-state index contributed by atoms with van der Waals surface area (Å²) in [7, 11) is 0. The predicted molar refractivity (Wildman–Crippen MR) is 55.6 cm³/mol. The maximum absolute atomic E-state index is 11.2. The number of thiophene rings is 1. The van der Waals surface area contributed by atoms with Gasteiger partial charge in [-0.1, -0.05) is 0 Å². The summed E-state index contributed by atoms with van der Waals surface area (Å²) in [6.45, 7) is 0.816. The van der Waals surface area contributed by atoms with Gasteiger partial charge in [0.15, 0.2) is 0 Å². The lowest BCUT2D eigenvalue weighted by Gasteiger charge is -2.23. The van der Waals surface area contributed by atoms with Gasteiger partial charge in [-0.3, -0.25) is 4.79 Å². The molecule has 1 aliphatic rings. The van der Waals surface area contributed by atoms with E-state index in [0.29, 0.717) is 6.42 Å². The summed E-state index contributed by atoms with van der Waals surface area (Å²) in [6, 6.07) is 2.00. The standard InChI is InChI=1S/C10H13NO2S/c12-9(13)10(3-1-4-11-10)6-8-2-5-14-7-8/h2,5,7,11H,1,3-4,6H2,(H,12,13)/t10-/m1/s1. The lowest BCUT2D eigenvalue weighted by atomic mass is 9.90. The summed E-state index contributed by atoms with van der Waals surface area (Å²) >= 11 is 1.61. The fourth-order valence-electron chi connectivity index (χ4n) is 1.96. The zero-order valence-corrected chi connectivity index (χ0v) is 8.64. The van der Waals surface area contributed by atoms with Crippen molar-refractivity contribution in [3.63, 3.8) is 0 Å². The smallest absolute Gasteiger partial charge is 0.324 e. The lowest BCUT2D eigenvalue weighted by Crippen LogP contribution is -2.49. The molecule has 3 nitrogen and oxygen atoms in total. The van der Waals surface area contributed by atoms with Crippen LogP contribution in [-0.2, 0) is 11.2 Å². The monoisotopic (exact) mass is 211 g/mol. The molecule has 0 bridgehead atoms. The number of carboxylic acid groups (broad SMARTS) is 1. The fraction of sp³-hybridized carbons (Fsp3) is 0.500. The first-order valence-corrected chi connectivity index (χ1v) is 5.67. The SMILES string of the molecule is O=C(O)[C@]1(Cc2ccsc2)CCCN1. The number of carbonyl (C=O) groups is 1. The van der Waals surface area contributed by atoms with Crippen molar-refractivity contribution in [2.45, 2.75) is 24.8 Å². The molecule has 2 heterocycles. The van der Waals surface area contributed by atoms with Gasteiger partial charge in [0, 0.05) is 6.42 Å². The van der Waals surface area contributed by atoms with E-state index in [4.69, 9.17) is 0 Å². The summed E-state index contributed by atoms with van der Waals surface area (Å²) in [5.41, 5.74) is 0.410. The highest BCUT2D eigenvalue weighted by Gasteiger charge is 2.40. The van der Waals surface area contributed by atoms with Gasteiger partial charge in [-0.05, 0) is 41.8 Å². The Labute approximate surface area is 86.8 Å². The summed E-state index contributed by atoms with van der Waals surface area (Å²) in [4.78, 5) is 11.2. The van der Waals surface area contributed by atoms with Gasteiger partial charge in [0.2, 0.25) is 0 Å². The Kier molecular flexibility index (Phi) is 2.56. The van der Waals surface area contributed by atoms with Crippen molar-refractivity contribution in [1.29, 1.82) is 0 Å². The van der Waals surface area contributed by atoms with Crippen molar-refractivity contribution < 1.29 is 9.90 Å². The summed E-state index contributed by atoms with van der Waals surface area (Å²) in [5, 5.41) is 16.3. The largest absolute Gasteiger partial charge is 0.480 e. The number of hydrogen-bond acceptors (Lipinski definition) is 3. The highest BCUT2D eigenvalue weighted by atomic mass is 32.1. The van der Waals surface area contributed by atoms with Gasteiger partial charge in [-0.2, -0.15) is 11.3 Å². The van der Waals surface area contributed by atoms with E-state index in [1.807, 2.05) is 16.8 Å². The number of nitrogens with one attached hydrogen (secondary N) is 1. The van der Waals surface area contributed by atoms with Crippen molar-refractivity contribution in [1.82, 2.24) is 5.32 Å². The molecule has 0 unspecified atom stereocenters. The maximum Gasteiger partial charge on any atom is 0.324 e. The molecule has 1 fully saturated rings. The van der Waals surface area contributed by atoms with Crippen LogP contribution in [0, 0.1) is 0 Å². The molecule has 1 aliphatic heterocycles. The van der Waals surface area contributed by atoms with E-state index in [2.05, 4.69) is 5.32 Å². The molecule has 0 saturated carbocycles. The second kappa shape index (κ2) is 3.71. The molecule has 1 aromatic heterocycles. The lowest BCUT2D eigenvalue weighted by molar-refractivity contribution is -0.144. The molecule has 0 aromatic carbocycles. The number of carboxylic acids is 1. The molecule has 76 valence electrons. The molecule has 1 saturated heterocycles. The molecule has 14 heavy (non-hydrogen) atoms. The van der Waals surface area contributed by atoms with Crippen LogP contribution in [0.5, 0.6) is 0 Å². The van der Waals surface area contributed by atoms with Crippen LogP contribution in [0.2, 0.25) is 0 Å². The van der Waals surface area contributed by atoms with Crippen LogP contribution in [-0.4, -0.2) is 23.2 Å². The topological polar surface area (TPSA) is 49.3 Å². The van der Waals surface area contributed by atoms with Crippen LogP contribution in [0.1, 0.15) is 18.4 Å². The van der Waals surface area contributed by atoms with Crippen molar-refractivity contribution >= 4 is 17.3 Å². The van der Waals surface area contributed by atoms with Crippen LogP contribution in [0.3, 0.4) is 0 Å². The summed E-state index contributed by atoms with van der Waals surface area (Å²) in [6.07, 6.45) is 2.29. The molecule has 0 aliphatic carbocycles. The Bertz CT molecular complexity index is 315. The second-order valence-electron chi connectivity index (χ2n) is 3.73. The van der Waals surface area contributed by atoms with E-state index >= 15 is 0 Å². The van der Waals surface area contributed by atoms with Gasteiger partial charge in [0.25, 0.3) is 0 Å². The zero-order valence-electron chi connectivity index (χ0n) is 7.82. The Morgan fingerprint density at radius 3 is 3.07 bits per heavy atom. The minimum atomic E-state index is -0.721. The third-order valence-corrected chi connectivity index (χ3v) is 3.47. The average molecular weight is 211 g/mol. The first-order valence-electron chi connectivity index (χ1n) is 4.72. The molecule has 1 atom stereocenters. The van der Waals surface area contributed by atoms with Gasteiger partial charge >= 0.3 is 5.97 Å². The Hall–Kier alpha value is -0.870. The highest BCUT2D eigenvalue weighted by molar-refractivity contribution is 7.07. The number of rotatable bonds is 3. The van der Waals surface area contributed by atoms with Crippen molar-refractivity contribution in [3.05, 3.63) is 22.4 Å². The minimum absolute atomic E-state index is 0.603. The van der Waals surface area contributed by atoms with Gasteiger partial charge in [-0.15, -0.1) is 0 Å². The third-order valence-electron chi connectivity index (χ3n) is 2.74. The van der Waals surface area contributed by atoms with E-state index in [1.54, 1.807) is 11.3 Å². The Morgan fingerprint density at radius 2 is 2.57 bits per heavy atom. The van der Waals surface area contributed by atoms with E-state index in [1.165, 1.54) is 0 Å². The molecule has 2 rings (SSSR count). The number of hydrogen-bond donors (Lipinski definition) is 2. The molecule has 1 aromatic rings. The molecule has 2 N–H and O–H groups in total. The van der Waals surface area contributed by atoms with E-state index in [-0.39, 0.29) is 0 Å². The Balaban J connectivity index is 2.16. The maximum atomic E-state index is 11.2. The molecule has 4 heteroatoms. The third kappa shape index (κ3) is 1.67. The first-order chi connectivity index (χ1) is 6.73. The van der Waals surface area contributed by atoms with Crippen LogP contribution >= 0.6 is 11.3 Å². The molecular formula is C10H13NO2S. The fourth-order valence-corrected chi connectivity index (χ4v) is 2.63. The van der Waals surface area contributed by atoms with E-state index < -0.39 is 11.5 Å². The van der Waals surface area contributed by atoms with Gasteiger partial charge < -0.3 is 10.4 Å². The van der Waals surface area contributed by atoms with Crippen molar-refractivity contribution in [2.24, 2.45) is 0 Å². The molecule has 0 radical (unpaired) electrons. The normalized spacial score (nSPS) is 26.6.